The molecule has 1 heterocycles. The van der Waals surface area contributed by atoms with Crippen molar-refractivity contribution < 1.29 is 22.8 Å². The molecule has 3 aromatic carbocycles. The topological polar surface area (TPSA) is 101 Å². The lowest BCUT2D eigenvalue weighted by atomic mass is 9.83. The van der Waals surface area contributed by atoms with E-state index in [1.54, 1.807) is 42.5 Å². The van der Waals surface area contributed by atoms with E-state index in [1.807, 2.05) is 13.8 Å². The molecule has 1 aliphatic heterocycles. The summed E-state index contributed by atoms with van der Waals surface area (Å²) in [6.07, 6.45) is 0.994. The molecule has 0 unspecified atom stereocenters. The van der Waals surface area contributed by atoms with Crippen LogP contribution in [-0.4, -0.2) is 43.3 Å². The van der Waals surface area contributed by atoms with Crippen molar-refractivity contribution in [2.45, 2.75) is 25.2 Å². The summed E-state index contributed by atoms with van der Waals surface area (Å²) in [5.41, 5.74) is 1.51. The average molecular weight is 503 g/mol. The molecule has 0 saturated carbocycles. The first-order valence-corrected chi connectivity index (χ1v) is 13.3. The van der Waals surface area contributed by atoms with Gasteiger partial charge in [-0.15, -0.1) is 0 Å². The van der Waals surface area contributed by atoms with Gasteiger partial charge in [-0.05, 0) is 48.6 Å². The minimum Gasteiger partial charge on any atom is -0.321 e. The number of carbonyl (C=O) groups excluding carboxylic acids is 3. The Labute approximate surface area is 210 Å². The van der Waals surface area contributed by atoms with Crippen LogP contribution in [-0.2, 0) is 10.0 Å². The average Bonchev–Trinajstić information content (AvgIpc) is 2.86. The fourth-order valence-corrected chi connectivity index (χ4v) is 6.85. The van der Waals surface area contributed by atoms with Crippen LogP contribution in [0.25, 0.3) is 0 Å². The van der Waals surface area contributed by atoms with Crippen molar-refractivity contribution in [3.8, 4) is 0 Å². The molecular formula is C28H26N2O5S. The maximum Gasteiger partial charge on any atom is 0.255 e. The third-order valence-corrected chi connectivity index (χ3v) is 8.64. The Hall–Kier alpha value is -3.62. The quantitative estimate of drug-likeness (QED) is 0.446. The van der Waals surface area contributed by atoms with Crippen LogP contribution in [0.3, 0.4) is 0 Å². The van der Waals surface area contributed by atoms with Crippen LogP contribution in [0.2, 0.25) is 0 Å². The van der Waals surface area contributed by atoms with Crippen LogP contribution in [0, 0.1) is 11.8 Å². The molecule has 2 atom stereocenters. The number of carbonyl (C=O) groups is 3. The number of nitrogens with one attached hydrogen (secondary N) is 1. The number of sulfonamides is 1. The van der Waals surface area contributed by atoms with Crippen molar-refractivity contribution in [2.24, 2.45) is 11.8 Å². The van der Waals surface area contributed by atoms with Gasteiger partial charge in [-0.25, -0.2) is 8.42 Å². The first-order chi connectivity index (χ1) is 17.2. The highest BCUT2D eigenvalue weighted by Crippen LogP contribution is 2.32. The molecule has 5 rings (SSSR count). The molecule has 1 saturated heterocycles. The number of nitrogens with zero attached hydrogens (tertiary/aromatic N) is 1. The molecule has 2 aliphatic rings. The summed E-state index contributed by atoms with van der Waals surface area (Å²) in [6.45, 7) is 5.05. The highest BCUT2D eigenvalue weighted by Gasteiger charge is 2.33. The number of piperidine rings is 1. The lowest BCUT2D eigenvalue weighted by molar-refractivity contribution is 0.0978. The summed E-state index contributed by atoms with van der Waals surface area (Å²) in [4.78, 5) is 39.3. The number of ketones is 2. The van der Waals surface area contributed by atoms with Gasteiger partial charge in [0.05, 0.1) is 16.1 Å². The number of amides is 1. The highest BCUT2D eigenvalue weighted by molar-refractivity contribution is 7.89. The smallest absolute Gasteiger partial charge is 0.255 e. The van der Waals surface area contributed by atoms with E-state index in [-0.39, 0.29) is 50.7 Å². The molecule has 3 aromatic rings. The molecule has 7 nitrogen and oxygen atoms in total. The largest absolute Gasteiger partial charge is 0.321 e. The number of hydrogen-bond donors (Lipinski definition) is 1. The lowest BCUT2D eigenvalue weighted by Gasteiger charge is -2.34. The summed E-state index contributed by atoms with van der Waals surface area (Å²) in [6, 6.07) is 17.1. The first kappa shape index (κ1) is 24.1. The van der Waals surface area contributed by atoms with E-state index < -0.39 is 15.9 Å². The van der Waals surface area contributed by atoms with Crippen molar-refractivity contribution in [2.75, 3.05) is 18.4 Å². The summed E-state index contributed by atoms with van der Waals surface area (Å²) < 4.78 is 27.8. The van der Waals surface area contributed by atoms with Crippen molar-refractivity contribution in [3.05, 3.63) is 94.5 Å². The summed E-state index contributed by atoms with van der Waals surface area (Å²) in [7, 11) is -3.66. The summed E-state index contributed by atoms with van der Waals surface area (Å²) >= 11 is 0. The van der Waals surface area contributed by atoms with Gasteiger partial charge in [-0.1, -0.05) is 50.2 Å². The van der Waals surface area contributed by atoms with Crippen molar-refractivity contribution in [3.63, 3.8) is 0 Å². The van der Waals surface area contributed by atoms with E-state index in [2.05, 4.69) is 5.32 Å². The Morgan fingerprint density at radius 1 is 0.806 bits per heavy atom. The lowest BCUT2D eigenvalue weighted by Crippen LogP contribution is -2.42. The van der Waals surface area contributed by atoms with Gasteiger partial charge in [-0.3, -0.25) is 14.4 Å². The Morgan fingerprint density at radius 2 is 1.39 bits per heavy atom. The van der Waals surface area contributed by atoms with E-state index in [4.69, 9.17) is 0 Å². The zero-order chi connectivity index (χ0) is 25.6. The Kier molecular flexibility index (Phi) is 6.10. The molecule has 0 aromatic heterocycles. The highest BCUT2D eigenvalue weighted by atomic mass is 32.2. The SMILES string of the molecule is C[C@@H]1C[C@H](C)CN(S(=O)(=O)c2ccc(C(=O)Nc3cccc4c3C(=O)c3ccccc3C4=O)cc2)C1. The van der Waals surface area contributed by atoms with E-state index in [0.29, 0.717) is 24.2 Å². The first-order valence-electron chi connectivity index (χ1n) is 11.9. The van der Waals surface area contributed by atoms with Crippen LogP contribution < -0.4 is 5.32 Å². The maximum absolute atomic E-state index is 13.2. The molecule has 1 fully saturated rings. The van der Waals surface area contributed by atoms with Crippen LogP contribution in [0.1, 0.15) is 62.5 Å². The number of fused-ring (bicyclic) bond motifs is 2. The minimum atomic E-state index is -3.66. The third kappa shape index (κ3) is 4.16. The Bertz CT molecular complexity index is 1480. The van der Waals surface area contributed by atoms with Gasteiger partial charge in [0.1, 0.15) is 0 Å². The van der Waals surface area contributed by atoms with Gasteiger partial charge in [-0.2, -0.15) is 4.31 Å². The summed E-state index contributed by atoms with van der Waals surface area (Å²) in [5, 5.41) is 2.73. The molecule has 1 aliphatic carbocycles. The number of hydrogen-bond acceptors (Lipinski definition) is 5. The molecule has 0 radical (unpaired) electrons. The molecule has 8 heteroatoms. The predicted octanol–water partition coefficient (Wildman–Crippen LogP) is 4.38. The van der Waals surface area contributed by atoms with Crippen LogP contribution >= 0.6 is 0 Å². The molecule has 184 valence electrons. The van der Waals surface area contributed by atoms with Gasteiger partial charge in [0.25, 0.3) is 5.91 Å². The number of benzene rings is 3. The van der Waals surface area contributed by atoms with Gasteiger partial charge >= 0.3 is 0 Å². The third-order valence-electron chi connectivity index (χ3n) is 6.79. The van der Waals surface area contributed by atoms with Crippen molar-refractivity contribution >= 4 is 33.2 Å². The van der Waals surface area contributed by atoms with Crippen molar-refractivity contribution in [1.82, 2.24) is 4.31 Å². The standard InChI is InChI=1S/C28H26N2O5S/c1-17-14-18(2)16-30(15-17)36(34,35)20-12-10-19(11-13-20)28(33)29-24-9-5-8-23-25(24)27(32)22-7-4-3-6-21(22)26(23)31/h3-13,17-18H,14-16H2,1-2H3,(H,29,33)/t17-,18+. The van der Waals surface area contributed by atoms with Crippen LogP contribution in [0.5, 0.6) is 0 Å². The van der Waals surface area contributed by atoms with Crippen molar-refractivity contribution in [1.29, 1.82) is 0 Å². The second kappa shape index (κ2) is 9.11. The van der Waals surface area contributed by atoms with Gasteiger partial charge in [0.15, 0.2) is 11.6 Å². The van der Waals surface area contributed by atoms with Gasteiger partial charge in [0.2, 0.25) is 10.0 Å². The Morgan fingerprint density at radius 3 is 2.03 bits per heavy atom. The molecule has 0 spiro atoms. The fourth-order valence-electron chi connectivity index (χ4n) is 5.17. The van der Waals surface area contributed by atoms with E-state index >= 15 is 0 Å². The fraction of sp³-hybridized carbons (Fsp3) is 0.250. The molecule has 0 bridgehead atoms. The number of rotatable bonds is 4. The van der Waals surface area contributed by atoms with Crippen LogP contribution in [0.15, 0.2) is 71.6 Å². The molecule has 1 N–H and O–H groups in total. The monoisotopic (exact) mass is 502 g/mol. The second-order valence-electron chi connectivity index (χ2n) is 9.68. The van der Waals surface area contributed by atoms with Gasteiger partial charge < -0.3 is 5.32 Å². The maximum atomic E-state index is 13.2. The van der Waals surface area contributed by atoms with E-state index in [9.17, 15) is 22.8 Å². The number of anilines is 1. The predicted molar refractivity (Wildman–Crippen MR) is 136 cm³/mol. The second-order valence-corrected chi connectivity index (χ2v) is 11.6. The minimum absolute atomic E-state index is 0.134. The zero-order valence-electron chi connectivity index (χ0n) is 20.0. The Balaban J connectivity index is 1.39. The van der Waals surface area contributed by atoms with Crippen LogP contribution in [0.4, 0.5) is 5.69 Å². The van der Waals surface area contributed by atoms with E-state index in [1.165, 1.54) is 28.6 Å². The van der Waals surface area contributed by atoms with Gasteiger partial charge in [0, 0.05) is 35.3 Å². The van der Waals surface area contributed by atoms with E-state index in [0.717, 1.165) is 6.42 Å². The normalized spacial score (nSPS) is 19.9. The molecule has 36 heavy (non-hydrogen) atoms. The zero-order valence-corrected chi connectivity index (χ0v) is 20.8. The molecule has 1 amide bonds. The molecular weight excluding hydrogens is 476 g/mol. The summed E-state index contributed by atoms with van der Waals surface area (Å²) in [5.74, 6) is -0.541.